The molecule has 2 aromatic rings. The first-order valence-electron chi connectivity index (χ1n) is 6.70. The third-order valence-corrected chi connectivity index (χ3v) is 3.34. The molecule has 0 atom stereocenters. The van der Waals surface area contributed by atoms with Crippen molar-refractivity contribution in [3.63, 3.8) is 0 Å². The summed E-state index contributed by atoms with van der Waals surface area (Å²) in [6.07, 6.45) is 3.31. The largest absolute Gasteiger partial charge is 0.370 e. The average molecular weight is 295 g/mol. The number of aryl methyl sites for hydroxylation is 1. The van der Waals surface area contributed by atoms with Crippen LogP contribution in [-0.4, -0.2) is 31.7 Å². The predicted octanol–water partition coefficient (Wildman–Crippen LogP) is 2.72. The molecule has 20 heavy (non-hydrogen) atoms. The van der Waals surface area contributed by atoms with Gasteiger partial charge in [-0.15, -0.1) is 0 Å². The first-order chi connectivity index (χ1) is 9.58. The SMILES string of the molecule is Cc1c(Cl)nc(C(C)C)nc1NCCCc1ncn[nH]1. The Kier molecular flexibility index (Phi) is 4.89. The first-order valence-corrected chi connectivity index (χ1v) is 7.08. The lowest BCUT2D eigenvalue weighted by Crippen LogP contribution is -2.10. The van der Waals surface area contributed by atoms with E-state index in [-0.39, 0.29) is 5.92 Å². The Hall–Kier alpha value is -1.69. The van der Waals surface area contributed by atoms with E-state index in [1.807, 2.05) is 6.92 Å². The lowest BCUT2D eigenvalue weighted by atomic mass is 10.2. The van der Waals surface area contributed by atoms with E-state index >= 15 is 0 Å². The fraction of sp³-hybridized carbons (Fsp3) is 0.538. The van der Waals surface area contributed by atoms with E-state index in [1.165, 1.54) is 6.33 Å². The zero-order chi connectivity index (χ0) is 14.5. The van der Waals surface area contributed by atoms with Crippen LogP contribution in [0.3, 0.4) is 0 Å². The minimum atomic E-state index is 0.253. The smallest absolute Gasteiger partial charge is 0.137 e. The number of H-pyrrole nitrogens is 1. The molecule has 6 nitrogen and oxygen atoms in total. The van der Waals surface area contributed by atoms with Crippen LogP contribution in [0.1, 0.15) is 43.4 Å². The lowest BCUT2D eigenvalue weighted by molar-refractivity contribution is 0.765. The molecular weight excluding hydrogens is 276 g/mol. The van der Waals surface area contributed by atoms with Gasteiger partial charge in [-0.1, -0.05) is 25.4 Å². The van der Waals surface area contributed by atoms with Crippen molar-refractivity contribution in [3.8, 4) is 0 Å². The van der Waals surface area contributed by atoms with Crippen molar-refractivity contribution in [2.45, 2.75) is 39.5 Å². The molecule has 0 fully saturated rings. The second-order valence-electron chi connectivity index (χ2n) is 4.96. The molecule has 0 aliphatic heterocycles. The molecule has 2 aromatic heterocycles. The van der Waals surface area contributed by atoms with Gasteiger partial charge in [0.15, 0.2) is 0 Å². The molecule has 0 saturated carbocycles. The van der Waals surface area contributed by atoms with Crippen LogP contribution in [0.5, 0.6) is 0 Å². The number of aromatic amines is 1. The molecule has 0 bridgehead atoms. The molecule has 0 saturated heterocycles. The molecule has 0 spiro atoms. The van der Waals surface area contributed by atoms with Gasteiger partial charge in [0.05, 0.1) is 0 Å². The number of nitrogens with zero attached hydrogens (tertiary/aromatic N) is 4. The zero-order valence-electron chi connectivity index (χ0n) is 11.9. The van der Waals surface area contributed by atoms with Gasteiger partial charge in [0.2, 0.25) is 0 Å². The molecule has 108 valence electrons. The topological polar surface area (TPSA) is 79.4 Å². The van der Waals surface area contributed by atoms with Crippen molar-refractivity contribution >= 4 is 17.4 Å². The summed E-state index contributed by atoms with van der Waals surface area (Å²) in [4.78, 5) is 12.9. The van der Waals surface area contributed by atoms with E-state index in [1.54, 1.807) is 0 Å². The van der Waals surface area contributed by atoms with E-state index in [9.17, 15) is 0 Å². The summed E-state index contributed by atoms with van der Waals surface area (Å²) in [6, 6.07) is 0. The van der Waals surface area contributed by atoms with Crippen LogP contribution < -0.4 is 5.32 Å². The monoisotopic (exact) mass is 294 g/mol. The molecule has 0 aliphatic rings. The van der Waals surface area contributed by atoms with Crippen molar-refractivity contribution in [2.24, 2.45) is 0 Å². The highest BCUT2D eigenvalue weighted by atomic mass is 35.5. The number of hydrogen-bond donors (Lipinski definition) is 2. The van der Waals surface area contributed by atoms with Gasteiger partial charge in [-0.2, -0.15) is 5.10 Å². The fourth-order valence-corrected chi connectivity index (χ4v) is 1.93. The van der Waals surface area contributed by atoms with Crippen molar-refractivity contribution in [1.29, 1.82) is 0 Å². The maximum absolute atomic E-state index is 6.14. The van der Waals surface area contributed by atoms with Crippen LogP contribution in [0.2, 0.25) is 5.15 Å². The van der Waals surface area contributed by atoms with Crippen LogP contribution in [0.4, 0.5) is 5.82 Å². The van der Waals surface area contributed by atoms with Crippen LogP contribution >= 0.6 is 11.6 Å². The van der Waals surface area contributed by atoms with E-state index < -0.39 is 0 Å². The number of rotatable bonds is 6. The molecule has 2 N–H and O–H groups in total. The second-order valence-corrected chi connectivity index (χ2v) is 5.32. The highest BCUT2D eigenvalue weighted by molar-refractivity contribution is 6.30. The van der Waals surface area contributed by atoms with Crippen LogP contribution in [0.25, 0.3) is 0 Å². The van der Waals surface area contributed by atoms with E-state index in [0.717, 1.165) is 42.4 Å². The number of nitrogens with one attached hydrogen (secondary N) is 2. The maximum atomic E-state index is 6.14. The molecule has 0 radical (unpaired) electrons. The summed E-state index contributed by atoms with van der Waals surface area (Å²) >= 11 is 6.14. The van der Waals surface area contributed by atoms with Gasteiger partial charge in [0.1, 0.15) is 28.9 Å². The van der Waals surface area contributed by atoms with E-state index in [0.29, 0.717) is 5.15 Å². The first kappa shape index (κ1) is 14.7. The Morgan fingerprint density at radius 3 is 2.80 bits per heavy atom. The van der Waals surface area contributed by atoms with Crippen molar-refractivity contribution in [3.05, 3.63) is 28.7 Å². The van der Waals surface area contributed by atoms with Gasteiger partial charge in [-0.05, 0) is 13.3 Å². The number of aromatic nitrogens is 5. The minimum Gasteiger partial charge on any atom is -0.370 e. The molecule has 2 rings (SSSR count). The van der Waals surface area contributed by atoms with Crippen LogP contribution in [0.15, 0.2) is 6.33 Å². The Morgan fingerprint density at radius 2 is 2.15 bits per heavy atom. The molecule has 0 unspecified atom stereocenters. The van der Waals surface area contributed by atoms with Crippen molar-refractivity contribution < 1.29 is 0 Å². The average Bonchev–Trinajstić information content (AvgIpc) is 2.92. The van der Waals surface area contributed by atoms with Gasteiger partial charge >= 0.3 is 0 Å². The molecule has 0 aromatic carbocycles. The Labute approximate surface area is 123 Å². The highest BCUT2D eigenvalue weighted by Gasteiger charge is 2.11. The third kappa shape index (κ3) is 3.66. The Morgan fingerprint density at radius 1 is 1.35 bits per heavy atom. The highest BCUT2D eigenvalue weighted by Crippen LogP contribution is 2.22. The molecule has 7 heteroatoms. The molecular formula is C13H19ClN6. The summed E-state index contributed by atoms with van der Waals surface area (Å²) in [7, 11) is 0. The van der Waals surface area contributed by atoms with Gasteiger partial charge in [-0.3, -0.25) is 5.10 Å². The molecule has 2 heterocycles. The summed E-state index contributed by atoms with van der Waals surface area (Å²) in [6.45, 7) is 6.82. The Bertz CT molecular complexity index is 552. The third-order valence-electron chi connectivity index (χ3n) is 2.97. The Balaban J connectivity index is 1.94. The van der Waals surface area contributed by atoms with Crippen molar-refractivity contribution in [2.75, 3.05) is 11.9 Å². The van der Waals surface area contributed by atoms with E-state index in [4.69, 9.17) is 11.6 Å². The van der Waals surface area contributed by atoms with Crippen molar-refractivity contribution in [1.82, 2.24) is 25.1 Å². The van der Waals surface area contributed by atoms with Gasteiger partial charge in [-0.25, -0.2) is 15.0 Å². The zero-order valence-corrected chi connectivity index (χ0v) is 12.7. The van der Waals surface area contributed by atoms with Gasteiger partial charge in [0, 0.05) is 24.4 Å². The number of anilines is 1. The summed E-state index contributed by atoms with van der Waals surface area (Å²) in [5.41, 5.74) is 0.885. The standard InChI is InChI=1S/C13H19ClN6/c1-8(2)12-18-11(14)9(3)13(19-12)15-6-4-5-10-16-7-17-20-10/h7-8H,4-6H2,1-3H3,(H,15,18,19)(H,16,17,20). The lowest BCUT2D eigenvalue weighted by Gasteiger charge is -2.12. The summed E-state index contributed by atoms with van der Waals surface area (Å²) in [5, 5.41) is 10.5. The van der Waals surface area contributed by atoms with Gasteiger partial charge < -0.3 is 5.32 Å². The quantitative estimate of drug-likeness (QED) is 0.632. The normalized spacial score (nSPS) is 11.1. The molecule has 0 aliphatic carbocycles. The summed E-state index contributed by atoms with van der Waals surface area (Å²) < 4.78 is 0. The van der Waals surface area contributed by atoms with Gasteiger partial charge in [0.25, 0.3) is 0 Å². The maximum Gasteiger partial charge on any atom is 0.137 e. The summed E-state index contributed by atoms with van der Waals surface area (Å²) in [5.74, 6) is 2.72. The second kappa shape index (κ2) is 6.65. The predicted molar refractivity (Wildman–Crippen MR) is 79.1 cm³/mol. The van der Waals surface area contributed by atoms with E-state index in [2.05, 4.69) is 44.3 Å². The number of hydrogen-bond acceptors (Lipinski definition) is 5. The minimum absolute atomic E-state index is 0.253. The fourth-order valence-electron chi connectivity index (χ4n) is 1.75. The van der Waals surface area contributed by atoms with Crippen LogP contribution in [0, 0.1) is 6.92 Å². The number of halogens is 1. The molecule has 0 amide bonds. The van der Waals surface area contributed by atoms with Crippen LogP contribution in [-0.2, 0) is 6.42 Å².